The topological polar surface area (TPSA) is 66.0 Å². The van der Waals surface area contributed by atoms with E-state index in [4.69, 9.17) is 10.5 Å². The SMILES string of the molecule is COc1ccc(CCn2c(N)nc3cc(C)cnc32)cc1. The molecule has 0 saturated heterocycles. The number of nitrogens with two attached hydrogens (primary N) is 1. The number of imidazole rings is 1. The highest BCUT2D eigenvalue weighted by Crippen LogP contribution is 2.18. The maximum absolute atomic E-state index is 6.01. The number of ether oxygens (including phenoxy) is 1. The molecule has 0 unspecified atom stereocenters. The predicted molar refractivity (Wildman–Crippen MR) is 83.4 cm³/mol. The maximum atomic E-state index is 6.01. The molecule has 5 nitrogen and oxygen atoms in total. The number of nitrogens with zero attached hydrogens (tertiary/aromatic N) is 3. The van der Waals surface area contributed by atoms with Crippen LogP contribution in [0.25, 0.3) is 11.2 Å². The van der Waals surface area contributed by atoms with E-state index in [9.17, 15) is 0 Å². The first-order chi connectivity index (χ1) is 10.2. The van der Waals surface area contributed by atoms with Crippen molar-refractivity contribution in [1.29, 1.82) is 0 Å². The van der Waals surface area contributed by atoms with Crippen LogP contribution in [-0.4, -0.2) is 21.6 Å². The summed E-state index contributed by atoms with van der Waals surface area (Å²) >= 11 is 0. The van der Waals surface area contributed by atoms with E-state index in [2.05, 4.69) is 22.1 Å². The van der Waals surface area contributed by atoms with Gasteiger partial charge in [-0.15, -0.1) is 0 Å². The van der Waals surface area contributed by atoms with Gasteiger partial charge in [-0.25, -0.2) is 9.97 Å². The molecule has 5 heteroatoms. The number of fused-ring (bicyclic) bond motifs is 1. The van der Waals surface area contributed by atoms with E-state index >= 15 is 0 Å². The van der Waals surface area contributed by atoms with E-state index in [1.165, 1.54) is 5.56 Å². The fourth-order valence-corrected chi connectivity index (χ4v) is 2.38. The molecule has 0 spiro atoms. The molecule has 0 aliphatic carbocycles. The van der Waals surface area contributed by atoms with Crippen molar-refractivity contribution in [2.45, 2.75) is 19.9 Å². The van der Waals surface area contributed by atoms with Crippen molar-refractivity contribution in [2.75, 3.05) is 12.8 Å². The number of benzene rings is 1. The minimum atomic E-state index is 0.511. The number of anilines is 1. The third kappa shape index (κ3) is 2.67. The summed E-state index contributed by atoms with van der Waals surface area (Å²) in [6.07, 6.45) is 2.71. The molecular weight excluding hydrogens is 264 g/mol. The van der Waals surface area contributed by atoms with Gasteiger partial charge in [0.05, 0.1) is 7.11 Å². The van der Waals surface area contributed by atoms with Gasteiger partial charge < -0.3 is 10.5 Å². The Bertz CT molecular complexity index is 762. The van der Waals surface area contributed by atoms with E-state index in [0.29, 0.717) is 5.95 Å². The Hall–Kier alpha value is -2.56. The summed E-state index contributed by atoms with van der Waals surface area (Å²) < 4.78 is 7.12. The van der Waals surface area contributed by atoms with Crippen molar-refractivity contribution in [3.8, 4) is 5.75 Å². The van der Waals surface area contributed by atoms with Gasteiger partial charge in [0.25, 0.3) is 0 Å². The summed E-state index contributed by atoms with van der Waals surface area (Å²) in [5.74, 6) is 1.38. The van der Waals surface area contributed by atoms with E-state index in [0.717, 1.165) is 35.4 Å². The molecule has 0 amide bonds. The number of nitrogen functional groups attached to an aromatic ring is 1. The van der Waals surface area contributed by atoms with Crippen molar-refractivity contribution in [1.82, 2.24) is 14.5 Å². The molecule has 21 heavy (non-hydrogen) atoms. The Morgan fingerprint density at radius 2 is 2.00 bits per heavy atom. The van der Waals surface area contributed by atoms with Crippen molar-refractivity contribution in [2.24, 2.45) is 0 Å². The number of aromatic nitrogens is 3. The minimum Gasteiger partial charge on any atom is -0.497 e. The van der Waals surface area contributed by atoms with Gasteiger partial charge in [-0.3, -0.25) is 4.57 Å². The van der Waals surface area contributed by atoms with Crippen molar-refractivity contribution >= 4 is 17.1 Å². The highest BCUT2D eigenvalue weighted by molar-refractivity contribution is 5.74. The summed E-state index contributed by atoms with van der Waals surface area (Å²) in [7, 11) is 1.67. The lowest BCUT2D eigenvalue weighted by molar-refractivity contribution is 0.414. The maximum Gasteiger partial charge on any atom is 0.202 e. The van der Waals surface area contributed by atoms with Crippen LogP contribution in [0.2, 0.25) is 0 Å². The third-order valence-corrected chi connectivity index (χ3v) is 3.53. The van der Waals surface area contributed by atoms with Gasteiger partial charge >= 0.3 is 0 Å². The molecule has 0 radical (unpaired) electrons. The van der Waals surface area contributed by atoms with Gasteiger partial charge in [0, 0.05) is 12.7 Å². The fourth-order valence-electron chi connectivity index (χ4n) is 2.38. The molecule has 2 heterocycles. The molecule has 0 atom stereocenters. The lowest BCUT2D eigenvalue weighted by atomic mass is 10.1. The first-order valence-corrected chi connectivity index (χ1v) is 6.88. The number of aryl methyl sites for hydroxylation is 3. The van der Waals surface area contributed by atoms with Gasteiger partial charge in [0.2, 0.25) is 5.95 Å². The highest BCUT2D eigenvalue weighted by atomic mass is 16.5. The van der Waals surface area contributed by atoms with Gasteiger partial charge in [-0.2, -0.15) is 0 Å². The van der Waals surface area contributed by atoms with Crippen LogP contribution in [0, 0.1) is 6.92 Å². The largest absolute Gasteiger partial charge is 0.497 e. The molecule has 0 saturated carbocycles. The lowest BCUT2D eigenvalue weighted by Gasteiger charge is -2.07. The zero-order valence-corrected chi connectivity index (χ0v) is 12.2. The second-order valence-corrected chi connectivity index (χ2v) is 5.08. The predicted octanol–water partition coefficient (Wildman–Crippen LogP) is 2.57. The Morgan fingerprint density at radius 3 is 2.71 bits per heavy atom. The first-order valence-electron chi connectivity index (χ1n) is 6.88. The monoisotopic (exact) mass is 282 g/mol. The van der Waals surface area contributed by atoms with Crippen LogP contribution in [0.4, 0.5) is 5.95 Å². The minimum absolute atomic E-state index is 0.511. The molecule has 2 N–H and O–H groups in total. The Morgan fingerprint density at radius 1 is 1.24 bits per heavy atom. The van der Waals surface area contributed by atoms with E-state index in [1.54, 1.807) is 7.11 Å². The van der Waals surface area contributed by atoms with Gasteiger partial charge in [-0.1, -0.05) is 12.1 Å². The molecule has 0 bridgehead atoms. The van der Waals surface area contributed by atoms with Crippen molar-refractivity contribution in [3.63, 3.8) is 0 Å². The molecule has 108 valence electrons. The number of hydrogen-bond donors (Lipinski definition) is 1. The highest BCUT2D eigenvalue weighted by Gasteiger charge is 2.09. The van der Waals surface area contributed by atoms with Crippen molar-refractivity contribution in [3.05, 3.63) is 47.7 Å². The van der Waals surface area contributed by atoms with Crippen LogP contribution in [0.15, 0.2) is 36.5 Å². The Balaban J connectivity index is 1.82. The number of rotatable bonds is 4. The second-order valence-electron chi connectivity index (χ2n) is 5.08. The lowest BCUT2D eigenvalue weighted by Crippen LogP contribution is -2.06. The zero-order chi connectivity index (χ0) is 14.8. The third-order valence-electron chi connectivity index (χ3n) is 3.53. The van der Waals surface area contributed by atoms with Gasteiger partial charge in [0.1, 0.15) is 11.3 Å². The van der Waals surface area contributed by atoms with Gasteiger partial charge in [-0.05, 0) is 42.7 Å². The smallest absolute Gasteiger partial charge is 0.202 e. The molecule has 3 aromatic rings. The normalized spacial score (nSPS) is 11.0. The Labute approximate surface area is 123 Å². The zero-order valence-electron chi connectivity index (χ0n) is 12.2. The summed E-state index contributed by atoms with van der Waals surface area (Å²) in [5, 5.41) is 0. The molecule has 0 fully saturated rings. The van der Waals surface area contributed by atoms with Crippen LogP contribution in [0.3, 0.4) is 0 Å². The van der Waals surface area contributed by atoms with Crippen LogP contribution in [-0.2, 0) is 13.0 Å². The van der Waals surface area contributed by atoms with Crippen LogP contribution in [0.5, 0.6) is 5.75 Å². The van der Waals surface area contributed by atoms with Crippen LogP contribution < -0.4 is 10.5 Å². The number of methoxy groups -OCH3 is 1. The van der Waals surface area contributed by atoms with Crippen LogP contribution >= 0.6 is 0 Å². The number of pyridine rings is 1. The summed E-state index contributed by atoms with van der Waals surface area (Å²) in [5.41, 5.74) is 10.0. The molecular formula is C16H18N4O. The molecule has 0 aliphatic heterocycles. The molecule has 0 aliphatic rings. The summed E-state index contributed by atoms with van der Waals surface area (Å²) in [4.78, 5) is 8.81. The second kappa shape index (κ2) is 5.44. The summed E-state index contributed by atoms with van der Waals surface area (Å²) in [6.45, 7) is 2.75. The molecule has 1 aromatic carbocycles. The van der Waals surface area contributed by atoms with E-state index < -0.39 is 0 Å². The van der Waals surface area contributed by atoms with Gasteiger partial charge in [0.15, 0.2) is 5.65 Å². The molecule has 2 aromatic heterocycles. The number of hydrogen-bond acceptors (Lipinski definition) is 4. The Kier molecular flexibility index (Phi) is 3.48. The molecule has 3 rings (SSSR count). The average molecular weight is 282 g/mol. The van der Waals surface area contributed by atoms with E-state index in [1.807, 2.05) is 35.9 Å². The average Bonchev–Trinajstić information content (AvgIpc) is 2.80. The first kappa shape index (κ1) is 13.4. The summed E-state index contributed by atoms with van der Waals surface area (Å²) in [6, 6.07) is 10.1. The van der Waals surface area contributed by atoms with E-state index in [-0.39, 0.29) is 0 Å². The van der Waals surface area contributed by atoms with Crippen molar-refractivity contribution < 1.29 is 4.74 Å². The van der Waals surface area contributed by atoms with Crippen LogP contribution in [0.1, 0.15) is 11.1 Å². The standard InChI is InChI=1S/C16H18N4O/c1-11-9-14-15(18-10-11)20(16(17)19-14)8-7-12-3-5-13(21-2)6-4-12/h3-6,9-10H,7-8H2,1-2H3,(H2,17,19). The quantitative estimate of drug-likeness (QED) is 0.798. The fraction of sp³-hybridized carbons (Fsp3) is 0.250.